The Bertz CT molecular complexity index is 762. The summed E-state index contributed by atoms with van der Waals surface area (Å²) in [5, 5.41) is 4.78. The lowest BCUT2D eigenvalue weighted by Crippen LogP contribution is -2.29. The Morgan fingerprint density at radius 1 is 1.08 bits per heavy atom. The summed E-state index contributed by atoms with van der Waals surface area (Å²) in [4.78, 5) is 13.9. The Labute approximate surface area is 148 Å². The fraction of sp³-hybridized carbons (Fsp3) is 0.632. The van der Waals surface area contributed by atoms with Crippen molar-refractivity contribution in [2.24, 2.45) is 11.8 Å². The molecule has 5 heterocycles. The van der Waals surface area contributed by atoms with Gasteiger partial charge in [0.2, 0.25) is 0 Å². The van der Waals surface area contributed by atoms with E-state index in [9.17, 15) is 0 Å². The normalized spacial score (nSPS) is 25.6. The van der Waals surface area contributed by atoms with Crippen LogP contribution in [-0.2, 0) is 19.5 Å². The second-order valence-corrected chi connectivity index (χ2v) is 7.98. The van der Waals surface area contributed by atoms with Crippen LogP contribution in [0.2, 0.25) is 0 Å². The molecule has 0 saturated carbocycles. The van der Waals surface area contributed by atoms with Gasteiger partial charge in [0, 0.05) is 56.2 Å². The van der Waals surface area contributed by atoms with Crippen molar-refractivity contribution in [2.75, 3.05) is 31.1 Å². The SMILES string of the molecule is Cc1ncnc(N2CC3CN(Cc4cc5n(n4)CCC5)CC3C2)c1C. The van der Waals surface area contributed by atoms with Crippen LogP contribution in [0.25, 0.3) is 0 Å². The van der Waals surface area contributed by atoms with Gasteiger partial charge in [-0.3, -0.25) is 9.58 Å². The van der Waals surface area contributed by atoms with Crippen molar-refractivity contribution in [1.29, 1.82) is 0 Å². The van der Waals surface area contributed by atoms with Crippen LogP contribution in [0, 0.1) is 25.7 Å². The van der Waals surface area contributed by atoms with E-state index < -0.39 is 0 Å². The van der Waals surface area contributed by atoms with Crippen LogP contribution in [0.4, 0.5) is 5.82 Å². The lowest BCUT2D eigenvalue weighted by atomic mass is 10.0. The number of fused-ring (bicyclic) bond motifs is 2. The largest absolute Gasteiger partial charge is 0.356 e. The number of anilines is 1. The van der Waals surface area contributed by atoms with Crippen LogP contribution in [-0.4, -0.2) is 50.8 Å². The molecule has 0 aliphatic carbocycles. The summed E-state index contributed by atoms with van der Waals surface area (Å²) in [5.41, 5.74) is 5.01. The lowest BCUT2D eigenvalue weighted by molar-refractivity contribution is 0.303. The van der Waals surface area contributed by atoms with Crippen LogP contribution >= 0.6 is 0 Å². The van der Waals surface area contributed by atoms with Crippen molar-refractivity contribution in [2.45, 2.75) is 39.8 Å². The maximum Gasteiger partial charge on any atom is 0.135 e. The molecule has 6 heteroatoms. The Hall–Kier alpha value is -1.95. The predicted molar refractivity (Wildman–Crippen MR) is 96.5 cm³/mol. The molecule has 25 heavy (non-hydrogen) atoms. The number of nitrogens with zero attached hydrogens (tertiary/aromatic N) is 6. The van der Waals surface area contributed by atoms with Gasteiger partial charge < -0.3 is 4.90 Å². The van der Waals surface area contributed by atoms with Crippen molar-refractivity contribution >= 4 is 5.82 Å². The minimum Gasteiger partial charge on any atom is -0.356 e. The van der Waals surface area contributed by atoms with Gasteiger partial charge >= 0.3 is 0 Å². The van der Waals surface area contributed by atoms with Crippen molar-refractivity contribution < 1.29 is 0 Å². The van der Waals surface area contributed by atoms with E-state index in [1.807, 2.05) is 0 Å². The Kier molecular flexibility index (Phi) is 3.55. The Morgan fingerprint density at radius 3 is 2.64 bits per heavy atom. The van der Waals surface area contributed by atoms with Gasteiger partial charge in [-0.05, 0) is 44.6 Å². The first-order chi connectivity index (χ1) is 12.2. The zero-order chi connectivity index (χ0) is 17.0. The molecule has 0 radical (unpaired) electrons. The first kappa shape index (κ1) is 15.3. The van der Waals surface area contributed by atoms with Gasteiger partial charge in [0.25, 0.3) is 0 Å². The molecule has 3 aliphatic heterocycles. The van der Waals surface area contributed by atoms with Gasteiger partial charge in [0.15, 0.2) is 0 Å². The number of likely N-dealkylation sites (tertiary alicyclic amines) is 1. The van der Waals surface area contributed by atoms with Crippen LogP contribution in [0.1, 0.15) is 29.1 Å². The highest BCUT2D eigenvalue weighted by Crippen LogP contribution is 2.35. The first-order valence-electron chi connectivity index (χ1n) is 9.48. The van der Waals surface area contributed by atoms with Crippen molar-refractivity contribution in [3.05, 3.63) is 35.0 Å². The maximum absolute atomic E-state index is 4.78. The second kappa shape index (κ2) is 5.80. The monoisotopic (exact) mass is 338 g/mol. The zero-order valence-electron chi connectivity index (χ0n) is 15.1. The summed E-state index contributed by atoms with van der Waals surface area (Å²) in [6.45, 7) is 10.9. The van der Waals surface area contributed by atoms with Crippen LogP contribution < -0.4 is 4.90 Å². The van der Waals surface area contributed by atoms with E-state index >= 15 is 0 Å². The number of aromatic nitrogens is 4. The van der Waals surface area contributed by atoms with E-state index in [1.165, 1.54) is 42.9 Å². The van der Waals surface area contributed by atoms with Crippen LogP contribution in [0.3, 0.4) is 0 Å². The lowest BCUT2D eigenvalue weighted by Gasteiger charge is -2.23. The zero-order valence-corrected chi connectivity index (χ0v) is 15.1. The number of rotatable bonds is 3. The number of aryl methyl sites for hydroxylation is 3. The Balaban J connectivity index is 1.23. The summed E-state index contributed by atoms with van der Waals surface area (Å²) in [5.74, 6) is 2.65. The smallest absolute Gasteiger partial charge is 0.135 e. The van der Waals surface area contributed by atoms with Crippen LogP contribution in [0.5, 0.6) is 0 Å². The van der Waals surface area contributed by atoms with Gasteiger partial charge in [-0.2, -0.15) is 5.10 Å². The highest BCUT2D eigenvalue weighted by molar-refractivity contribution is 5.48. The van der Waals surface area contributed by atoms with E-state index in [2.05, 4.69) is 44.4 Å². The maximum atomic E-state index is 4.78. The van der Waals surface area contributed by atoms with E-state index in [1.54, 1.807) is 6.33 Å². The molecule has 2 atom stereocenters. The molecule has 2 fully saturated rings. The topological polar surface area (TPSA) is 50.1 Å². The van der Waals surface area contributed by atoms with Crippen LogP contribution in [0.15, 0.2) is 12.4 Å². The quantitative estimate of drug-likeness (QED) is 0.854. The number of hydrogen-bond donors (Lipinski definition) is 0. The molecule has 2 aromatic heterocycles. The third-order valence-corrected chi connectivity index (χ3v) is 6.27. The summed E-state index contributed by atoms with van der Waals surface area (Å²) < 4.78 is 2.20. The highest BCUT2D eigenvalue weighted by Gasteiger charge is 2.40. The summed E-state index contributed by atoms with van der Waals surface area (Å²) in [6.07, 6.45) is 4.16. The molecule has 0 spiro atoms. The average molecular weight is 338 g/mol. The molecule has 2 saturated heterocycles. The molecule has 6 nitrogen and oxygen atoms in total. The standard InChI is InChI=1S/C19H26N6/c1-13-14(2)20-12-21-19(13)24-9-15-7-23(8-16(15)10-24)11-17-6-18-4-3-5-25(18)22-17/h6,12,15-16H,3-5,7-11H2,1-2H3. The average Bonchev–Trinajstić information content (AvgIpc) is 3.29. The van der Waals surface area contributed by atoms with Gasteiger partial charge in [0.1, 0.15) is 12.1 Å². The molecular weight excluding hydrogens is 312 g/mol. The molecule has 0 bridgehead atoms. The molecule has 3 aliphatic rings. The Morgan fingerprint density at radius 2 is 1.88 bits per heavy atom. The molecule has 0 aromatic carbocycles. The number of hydrogen-bond acceptors (Lipinski definition) is 5. The summed E-state index contributed by atoms with van der Waals surface area (Å²) >= 11 is 0. The van der Waals surface area contributed by atoms with Gasteiger partial charge in [-0.15, -0.1) is 0 Å². The fourth-order valence-corrected chi connectivity index (χ4v) is 4.86. The highest BCUT2D eigenvalue weighted by atomic mass is 15.3. The van der Waals surface area contributed by atoms with Crippen molar-refractivity contribution in [3.8, 4) is 0 Å². The van der Waals surface area contributed by atoms with Gasteiger partial charge in [-0.1, -0.05) is 0 Å². The minimum atomic E-state index is 0.754. The third kappa shape index (κ3) is 2.63. The first-order valence-corrected chi connectivity index (χ1v) is 9.48. The predicted octanol–water partition coefficient (Wildman–Crippen LogP) is 1.80. The summed E-state index contributed by atoms with van der Waals surface area (Å²) in [7, 11) is 0. The summed E-state index contributed by atoms with van der Waals surface area (Å²) in [6, 6.07) is 2.32. The molecular formula is C19H26N6. The second-order valence-electron chi connectivity index (χ2n) is 7.98. The van der Waals surface area contributed by atoms with Crippen molar-refractivity contribution in [3.63, 3.8) is 0 Å². The van der Waals surface area contributed by atoms with E-state index in [-0.39, 0.29) is 0 Å². The van der Waals surface area contributed by atoms with Gasteiger partial charge in [0.05, 0.1) is 5.69 Å². The third-order valence-electron chi connectivity index (χ3n) is 6.27. The molecule has 2 aromatic rings. The minimum absolute atomic E-state index is 0.754. The molecule has 0 amide bonds. The molecule has 0 N–H and O–H groups in total. The van der Waals surface area contributed by atoms with Gasteiger partial charge in [-0.25, -0.2) is 9.97 Å². The fourth-order valence-electron chi connectivity index (χ4n) is 4.86. The van der Waals surface area contributed by atoms with E-state index in [4.69, 9.17) is 5.10 Å². The molecule has 2 unspecified atom stereocenters. The van der Waals surface area contributed by atoms with E-state index in [0.29, 0.717) is 0 Å². The molecule has 5 rings (SSSR count). The van der Waals surface area contributed by atoms with E-state index in [0.717, 1.165) is 49.5 Å². The molecule has 132 valence electrons. The van der Waals surface area contributed by atoms with Crippen molar-refractivity contribution in [1.82, 2.24) is 24.6 Å².